The molecule has 0 amide bonds. The van der Waals surface area contributed by atoms with Gasteiger partial charge in [-0.25, -0.2) is 0 Å². The van der Waals surface area contributed by atoms with Crippen molar-refractivity contribution in [2.24, 2.45) is 5.92 Å². The Balaban J connectivity index is 2.21. The molecule has 2 heteroatoms. The molecule has 0 saturated heterocycles. The van der Waals surface area contributed by atoms with E-state index in [-0.39, 0.29) is 0 Å². The molecule has 1 aromatic rings. The van der Waals surface area contributed by atoms with Gasteiger partial charge in [0.2, 0.25) is 0 Å². The van der Waals surface area contributed by atoms with E-state index in [1.807, 2.05) is 6.07 Å². The highest BCUT2D eigenvalue weighted by Crippen LogP contribution is 2.41. The molecule has 0 radical (unpaired) electrons. The summed E-state index contributed by atoms with van der Waals surface area (Å²) in [6, 6.07) is 10.4. The van der Waals surface area contributed by atoms with Crippen LogP contribution in [-0.4, -0.2) is 23.4 Å². The fraction of sp³-hybridized carbons (Fsp3) is 0.647. The van der Waals surface area contributed by atoms with E-state index in [0.29, 0.717) is 16.8 Å². The summed E-state index contributed by atoms with van der Waals surface area (Å²) in [5.74, 6) is 1.58. The van der Waals surface area contributed by atoms with Crippen molar-refractivity contribution in [3.8, 4) is 0 Å². The molecule has 1 atom stereocenters. The fourth-order valence-electron chi connectivity index (χ4n) is 3.25. The second-order valence-corrected chi connectivity index (χ2v) is 8.44. The monoisotopic (exact) mass is 279 g/mol. The first-order valence-electron chi connectivity index (χ1n) is 7.45. The molecule has 0 heterocycles. The van der Waals surface area contributed by atoms with Crippen molar-refractivity contribution < 1.29 is 5.11 Å². The third kappa shape index (κ3) is 3.76. The van der Waals surface area contributed by atoms with Crippen LogP contribution in [0.2, 0.25) is 0 Å². The Morgan fingerprint density at radius 3 is 2.32 bits per heavy atom. The van der Waals surface area contributed by atoms with Crippen LogP contribution in [0.25, 0.3) is 0 Å². The molecular formula is C17H27OS+. The van der Waals surface area contributed by atoms with E-state index in [1.165, 1.54) is 32.1 Å². The lowest BCUT2D eigenvalue weighted by Crippen LogP contribution is -2.38. The number of hydrogen-bond donors (Lipinski definition) is 1. The van der Waals surface area contributed by atoms with Crippen LogP contribution in [-0.2, 0) is 16.5 Å². The predicted octanol–water partition coefficient (Wildman–Crippen LogP) is 3.72. The zero-order valence-electron chi connectivity index (χ0n) is 12.3. The zero-order valence-corrected chi connectivity index (χ0v) is 13.1. The van der Waals surface area contributed by atoms with E-state index >= 15 is 0 Å². The van der Waals surface area contributed by atoms with Gasteiger partial charge in [-0.3, -0.25) is 0 Å². The fourth-order valence-corrected chi connectivity index (χ4v) is 3.97. The van der Waals surface area contributed by atoms with Gasteiger partial charge in [-0.1, -0.05) is 49.6 Å². The van der Waals surface area contributed by atoms with Crippen LogP contribution in [0.1, 0.15) is 44.1 Å². The molecule has 1 fully saturated rings. The minimum absolute atomic E-state index is 0.400. The topological polar surface area (TPSA) is 20.2 Å². The third-order valence-corrected chi connectivity index (χ3v) is 5.47. The van der Waals surface area contributed by atoms with Gasteiger partial charge in [-0.15, -0.1) is 0 Å². The molecule has 106 valence electrons. The molecule has 1 aliphatic rings. The molecule has 1 saturated carbocycles. The normalized spacial score (nSPS) is 20.4. The summed E-state index contributed by atoms with van der Waals surface area (Å²) in [4.78, 5) is 0. The Bertz CT molecular complexity index is 370. The van der Waals surface area contributed by atoms with Crippen molar-refractivity contribution in [3.63, 3.8) is 0 Å². The summed E-state index contributed by atoms with van der Waals surface area (Å²) in [7, 11) is 0.400. The molecule has 1 aromatic carbocycles. The highest BCUT2D eigenvalue weighted by atomic mass is 32.2. The summed E-state index contributed by atoms with van der Waals surface area (Å²) in [5.41, 5.74) is 0.534. The average Bonchev–Trinajstić information content (AvgIpc) is 2.46. The van der Waals surface area contributed by atoms with Gasteiger partial charge in [0.05, 0.1) is 18.1 Å². The van der Waals surface area contributed by atoms with Crippen LogP contribution in [0.15, 0.2) is 30.3 Å². The smallest absolute Gasteiger partial charge is 0.110 e. The second kappa shape index (κ2) is 6.81. The van der Waals surface area contributed by atoms with Crippen molar-refractivity contribution >= 4 is 10.9 Å². The van der Waals surface area contributed by atoms with Gasteiger partial charge in [-0.2, -0.15) is 0 Å². The van der Waals surface area contributed by atoms with Crippen molar-refractivity contribution in [1.29, 1.82) is 0 Å². The highest BCUT2D eigenvalue weighted by Gasteiger charge is 2.39. The first-order valence-corrected chi connectivity index (χ1v) is 9.66. The maximum atomic E-state index is 11.4. The largest absolute Gasteiger partial charge is 0.385 e. The summed E-state index contributed by atoms with van der Waals surface area (Å²) in [6.45, 7) is 0. The minimum atomic E-state index is -0.598. The van der Waals surface area contributed by atoms with Crippen molar-refractivity contribution in [1.82, 2.24) is 0 Å². The van der Waals surface area contributed by atoms with Crippen molar-refractivity contribution in [2.45, 2.75) is 44.1 Å². The summed E-state index contributed by atoms with van der Waals surface area (Å²) in [6.07, 6.45) is 11.7. The molecule has 1 unspecified atom stereocenters. The van der Waals surface area contributed by atoms with Crippen molar-refractivity contribution in [2.75, 3.05) is 18.3 Å². The van der Waals surface area contributed by atoms with Crippen LogP contribution in [0, 0.1) is 5.92 Å². The maximum Gasteiger partial charge on any atom is 0.110 e. The van der Waals surface area contributed by atoms with Crippen LogP contribution in [0.3, 0.4) is 0 Å². The Labute approximate surface area is 120 Å². The SMILES string of the molecule is C[S+](C)CCC(O)(c1ccccc1)C1CCCCC1. The number of aliphatic hydroxyl groups is 1. The Hall–Kier alpha value is -0.470. The lowest BCUT2D eigenvalue weighted by molar-refractivity contribution is -0.0412. The maximum absolute atomic E-state index is 11.4. The standard InChI is InChI=1S/C17H27OS/c1-19(2)14-13-17(18,15-9-5-3-6-10-15)16-11-7-4-8-12-16/h3,5-6,9-10,16,18H,4,7-8,11-14H2,1-2H3/q+1. The van der Waals surface area contributed by atoms with Crippen LogP contribution in [0.4, 0.5) is 0 Å². The van der Waals surface area contributed by atoms with Crippen LogP contribution < -0.4 is 0 Å². The van der Waals surface area contributed by atoms with E-state index in [1.54, 1.807) is 0 Å². The van der Waals surface area contributed by atoms with Gasteiger partial charge >= 0.3 is 0 Å². The molecule has 0 aromatic heterocycles. The quantitative estimate of drug-likeness (QED) is 0.814. The molecule has 19 heavy (non-hydrogen) atoms. The summed E-state index contributed by atoms with van der Waals surface area (Å²) >= 11 is 0. The highest BCUT2D eigenvalue weighted by molar-refractivity contribution is 7.95. The molecule has 0 aliphatic heterocycles. The number of hydrogen-bond acceptors (Lipinski definition) is 1. The molecular weight excluding hydrogens is 252 g/mol. The van der Waals surface area contributed by atoms with Gasteiger partial charge in [0.15, 0.2) is 0 Å². The lowest BCUT2D eigenvalue weighted by atomic mass is 9.72. The molecule has 1 aliphatic carbocycles. The summed E-state index contributed by atoms with van der Waals surface area (Å²) in [5, 5.41) is 11.4. The van der Waals surface area contributed by atoms with E-state index in [0.717, 1.165) is 17.7 Å². The molecule has 1 N–H and O–H groups in total. The second-order valence-electron chi connectivity index (χ2n) is 6.06. The third-order valence-electron chi connectivity index (χ3n) is 4.45. The number of benzene rings is 1. The van der Waals surface area contributed by atoms with Crippen LogP contribution >= 0.6 is 0 Å². The van der Waals surface area contributed by atoms with Crippen LogP contribution in [0.5, 0.6) is 0 Å². The van der Waals surface area contributed by atoms with Gasteiger partial charge < -0.3 is 5.11 Å². The Kier molecular flexibility index (Phi) is 5.35. The lowest BCUT2D eigenvalue weighted by Gasteiger charge is -2.38. The minimum Gasteiger partial charge on any atom is -0.385 e. The van der Waals surface area contributed by atoms with E-state index < -0.39 is 5.60 Å². The molecule has 2 rings (SSSR count). The van der Waals surface area contributed by atoms with Gasteiger partial charge in [0.1, 0.15) is 5.75 Å². The van der Waals surface area contributed by atoms with Gasteiger partial charge in [0, 0.05) is 6.42 Å². The van der Waals surface area contributed by atoms with Crippen molar-refractivity contribution in [3.05, 3.63) is 35.9 Å². The zero-order chi connectivity index (χ0) is 13.7. The Morgan fingerprint density at radius 2 is 1.74 bits per heavy atom. The Morgan fingerprint density at radius 1 is 1.11 bits per heavy atom. The summed E-state index contributed by atoms with van der Waals surface area (Å²) < 4.78 is 0. The van der Waals surface area contributed by atoms with E-state index in [2.05, 4.69) is 36.8 Å². The molecule has 0 bridgehead atoms. The molecule has 1 nitrogen and oxygen atoms in total. The van der Waals surface area contributed by atoms with E-state index in [4.69, 9.17) is 0 Å². The van der Waals surface area contributed by atoms with Gasteiger partial charge in [-0.05, 0) is 35.2 Å². The first-order chi connectivity index (χ1) is 9.13. The van der Waals surface area contributed by atoms with E-state index in [9.17, 15) is 5.11 Å². The number of rotatable bonds is 5. The average molecular weight is 279 g/mol. The van der Waals surface area contributed by atoms with Gasteiger partial charge in [0.25, 0.3) is 0 Å². The predicted molar refractivity (Wildman–Crippen MR) is 85.6 cm³/mol. The first kappa shape index (κ1) is 14.9. The molecule has 0 spiro atoms.